The maximum atomic E-state index is 5.13. The Morgan fingerprint density at radius 1 is 1.24 bits per heavy atom. The Bertz CT molecular complexity index is 294. The van der Waals surface area contributed by atoms with Crippen LogP contribution in [0.5, 0.6) is 0 Å². The van der Waals surface area contributed by atoms with E-state index >= 15 is 0 Å². The molecule has 2 heteroatoms. The van der Waals surface area contributed by atoms with Crippen LogP contribution in [0, 0.1) is 6.92 Å². The van der Waals surface area contributed by atoms with E-state index in [0.717, 1.165) is 26.1 Å². The number of methoxy groups -OCH3 is 1. The molecule has 0 heterocycles. The SMILES string of the molecule is CCNCC(CCCOC)c1ccc(C)cc1. The Kier molecular flexibility index (Phi) is 6.90. The molecule has 0 aromatic heterocycles. The van der Waals surface area contributed by atoms with Gasteiger partial charge in [0, 0.05) is 20.3 Å². The van der Waals surface area contributed by atoms with Crippen molar-refractivity contribution >= 4 is 0 Å². The van der Waals surface area contributed by atoms with Gasteiger partial charge in [0.1, 0.15) is 0 Å². The topological polar surface area (TPSA) is 21.3 Å². The number of ether oxygens (including phenoxy) is 1. The molecule has 0 fully saturated rings. The van der Waals surface area contributed by atoms with Crippen LogP contribution in [0.3, 0.4) is 0 Å². The van der Waals surface area contributed by atoms with E-state index in [-0.39, 0.29) is 0 Å². The van der Waals surface area contributed by atoms with E-state index in [0.29, 0.717) is 5.92 Å². The van der Waals surface area contributed by atoms with Crippen molar-refractivity contribution in [3.05, 3.63) is 35.4 Å². The molecule has 0 spiro atoms. The minimum Gasteiger partial charge on any atom is -0.385 e. The van der Waals surface area contributed by atoms with Crippen LogP contribution in [0.4, 0.5) is 0 Å². The van der Waals surface area contributed by atoms with E-state index in [1.54, 1.807) is 7.11 Å². The summed E-state index contributed by atoms with van der Waals surface area (Å²) in [7, 11) is 1.77. The van der Waals surface area contributed by atoms with Gasteiger partial charge in [-0.2, -0.15) is 0 Å². The van der Waals surface area contributed by atoms with Crippen molar-refractivity contribution in [3.8, 4) is 0 Å². The van der Waals surface area contributed by atoms with Crippen LogP contribution in [-0.2, 0) is 4.74 Å². The van der Waals surface area contributed by atoms with Crippen molar-refractivity contribution < 1.29 is 4.74 Å². The van der Waals surface area contributed by atoms with E-state index in [1.807, 2.05) is 0 Å². The molecule has 1 unspecified atom stereocenters. The highest BCUT2D eigenvalue weighted by atomic mass is 16.5. The van der Waals surface area contributed by atoms with Gasteiger partial charge >= 0.3 is 0 Å². The summed E-state index contributed by atoms with van der Waals surface area (Å²) in [5, 5.41) is 3.45. The lowest BCUT2D eigenvalue weighted by Gasteiger charge is -2.18. The molecular weight excluding hydrogens is 210 g/mol. The van der Waals surface area contributed by atoms with Crippen molar-refractivity contribution in [2.45, 2.75) is 32.6 Å². The van der Waals surface area contributed by atoms with E-state index < -0.39 is 0 Å². The monoisotopic (exact) mass is 235 g/mol. The van der Waals surface area contributed by atoms with Gasteiger partial charge in [0.15, 0.2) is 0 Å². The average Bonchev–Trinajstić information content (AvgIpc) is 2.35. The molecule has 0 aliphatic rings. The summed E-state index contributed by atoms with van der Waals surface area (Å²) in [6.07, 6.45) is 2.31. The fourth-order valence-electron chi connectivity index (χ4n) is 2.02. The summed E-state index contributed by atoms with van der Waals surface area (Å²) < 4.78 is 5.13. The Hall–Kier alpha value is -0.860. The van der Waals surface area contributed by atoms with Gasteiger partial charge in [-0.05, 0) is 37.8 Å². The lowest BCUT2D eigenvalue weighted by atomic mass is 9.93. The molecule has 0 bridgehead atoms. The maximum Gasteiger partial charge on any atom is 0.0462 e. The number of hydrogen-bond acceptors (Lipinski definition) is 2. The molecule has 1 N–H and O–H groups in total. The van der Waals surface area contributed by atoms with Crippen molar-refractivity contribution in [2.75, 3.05) is 26.8 Å². The van der Waals surface area contributed by atoms with Gasteiger partial charge in [0.25, 0.3) is 0 Å². The number of rotatable bonds is 8. The second kappa shape index (κ2) is 8.26. The first-order valence-electron chi connectivity index (χ1n) is 6.54. The maximum absolute atomic E-state index is 5.13. The molecular formula is C15H25NO. The number of aryl methyl sites for hydroxylation is 1. The Balaban J connectivity index is 2.57. The van der Waals surface area contributed by atoms with Crippen LogP contribution in [-0.4, -0.2) is 26.8 Å². The van der Waals surface area contributed by atoms with Gasteiger partial charge in [-0.25, -0.2) is 0 Å². The summed E-state index contributed by atoms with van der Waals surface area (Å²) in [4.78, 5) is 0. The zero-order valence-corrected chi connectivity index (χ0v) is 11.3. The van der Waals surface area contributed by atoms with Gasteiger partial charge in [-0.3, -0.25) is 0 Å². The highest BCUT2D eigenvalue weighted by molar-refractivity contribution is 5.24. The second-order valence-corrected chi connectivity index (χ2v) is 4.55. The van der Waals surface area contributed by atoms with Gasteiger partial charge in [0.05, 0.1) is 0 Å². The smallest absolute Gasteiger partial charge is 0.0462 e. The molecule has 2 nitrogen and oxygen atoms in total. The predicted molar refractivity (Wildman–Crippen MR) is 73.6 cm³/mol. The molecule has 17 heavy (non-hydrogen) atoms. The lowest BCUT2D eigenvalue weighted by Crippen LogP contribution is -2.21. The Morgan fingerprint density at radius 3 is 2.53 bits per heavy atom. The fourth-order valence-corrected chi connectivity index (χ4v) is 2.02. The van der Waals surface area contributed by atoms with E-state index in [2.05, 4.69) is 43.4 Å². The minimum atomic E-state index is 0.602. The number of hydrogen-bond donors (Lipinski definition) is 1. The molecule has 1 rings (SSSR count). The zero-order chi connectivity index (χ0) is 12.5. The standard InChI is InChI=1S/C15H25NO/c1-4-16-12-15(6-5-11-17-3)14-9-7-13(2)8-10-14/h7-10,15-16H,4-6,11-12H2,1-3H3. The average molecular weight is 235 g/mol. The fraction of sp³-hybridized carbons (Fsp3) is 0.600. The minimum absolute atomic E-state index is 0.602. The molecule has 0 radical (unpaired) electrons. The first-order chi connectivity index (χ1) is 8.27. The largest absolute Gasteiger partial charge is 0.385 e. The van der Waals surface area contributed by atoms with Gasteiger partial charge < -0.3 is 10.1 Å². The van der Waals surface area contributed by atoms with Crippen molar-refractivity contribution in [2.24, 2.45) is 0 Å². The van der Waals surface area contributed by atoms with Crippen LogP contribution in [0.1, 0.15) is 36.8 Å². The van der Waals surface area contributed by atoms with E-state index in [9.17, 15) is 0 Å². The van der Waals surface area contributed by atoms with Crippen molar-refractivity contribution in [1.29, 1.82) is 0 Å². The molecule has 0 saturated carbocycles. The van der Waals surface area contributed by atoms with Crippen LogP contribution in [0.2, 0.25) is 0 Å². The summed E-state index contributed by atoms with van der Waals surface area (Å²) >= 11 is 0. The number of nitrogens with one attached hydrogen (secondary N) is 1. The Morgan fingerprint density at radius 2 is 1.94 bits per heavy atom. The Labute approximate surface area is 105 Å². The third-order valence-electron chi connectivity index (χ3n) is 3.09. The molecule has 1 atom stereocenters. The van der Waals surface area contributed by atoms with Crippen molar-refractivity contribution in [1.82, 2.24) is 5.32 Å². The van der Waals surface area contributed by atoms with Crippen molar-refractivity contribution in [3.63, 3.8) is 0 Å². The van der Waals surface area contributed by atoms with Crippen LogP contribution in [0.25, 0.3) is 0 Å². The highest BCUT2D eigenvalue weighted by Gasteiger charge is 2.10. The van der Waals surface area contributed by atoms with Gasteiger partial charge in [-0.15, -0.1) is 0 Å². The number of likely N-dealkylation sites (N-methyl/N-ethyl adjacent to an activating group) is 1. The highest BCUT2D eigenvalue weighted by Crippen LogP contribution is 2.21. The first kappa shape index (κ1) is 14.2. The molecule has 1 aromatic carbocycles. The quantitative estimate of drug-likeness (QED) is 0.699. The molecule has 0 amide bonds. The van der Waals surface area contributed by atoms with Crippen LogP contribution in [0.15, 0.2) is 24.3 Å². The predicted octanol–water partition coefficient (Wildman–Crippen LogP) is 3.11. The van der Waals surface area contributed by atoms with E-state index in [1.165, 1.54) is 17.5 Å². The molecule has 1 aromatic rings. The third-order valence-corrected chi connectivity index (χ3v) is 3.09. The van der Waals surface area contributed by atoms with Gasteiger partial charge in [0.2, 0.25) is 0 Å². The van der Waals surface area contributed by atoms with Crippen LogP contribution < -0.4 is 5.32 Å². The molecule has 0 aliphatic heterocycles. The summed E-state index contributed by atoms with van der Waals surface area (Å²) in [6, 6.07) is 8.91. The van der Waals surface area contributed by atoms with Crippen LogP contribution >= 0.6 is 0 Å². The molecule has 96 valence electrons. The number of benzene rings is 1. The van der Waals surface area contributed by atoms with E-state index in [4.69, 9.17) is 4.74 Å². The second-order valence-electron chi connectivity index (χ2n) is 4.55. The summed E-state index contributed by atoms with van der Waals surface area (Å²) in [6.45, 7) is 7.24. The molecule has 0 saturated heterocycles. The first-order valence-corrected chi connectivity index (χ1v) is 6.54. The lowest BCUT2D eigenvalue weighted by molar-refractivity contribution is 0.190. The van der Waals surface area contributed by atoms with Gasteiger partial charge in [-0.1, -0.05) is 36.8 Å². The third kappa shape index (κ3) is 5.33. The summed E-state index contributed by atoms with van der Waals surface area (Å²) in [5.41, 5.74) is 2.76. The molecule has 0 aliphatic carbocycles. The summed E-state index contributed by atoms with van der Waals surface area (Å²) in [5.74, 6) is 0.602. The normalized spacial score (nSPS) is 12.6. The zero-order valence-electron chi connectivity index (χ0n) is 11.3.